The topological polar surface area (TPSA) is 77.2 Å². The number of nitrogens with zero attached hydrogens (tertiary/aromatic N) is 2. The van der Waals surface area contributed by atoms with E-state index in [0.29, 0.717) is 5.89 Å². The normalized spacial score (nSPS) is 18.6. The van der Waals surface area contributed by atoms with Gasteiger partial charge in [-0.1, -0.05) is 18.2 Å². The average molecular weight is 335 g/mol. The molecule has 1 aliphatic rings. The van der Waals surface area contributed by atoms with Crippen molar-refractivity contribution in [3.05, 3.63) is 60.5 Å². The molecule has 0 spiro atoms. The number of methoxy groups -OCH3 is 1. The van der Waals surface area contributed by atoms with Crippen LogP contribution in [0, 0.1) is 5.92 Å². The summed E-state index contributed by atoms with van der Waals surface area (Å²) in [6, 6.07) is 15.2. The van der Waals surface area contributed by atoms with Crippen molar-refractivity contribution in [1.29, 1.82) is 0 Å². The number of nitrogens with one attached hydrogen (secondary N) is 1. The predicted octanol–water partition coefficient (Wildman–Crippen LogP) is 3.49. The van der Waals surface area contributed by atoms with Crippen molar-refractivity contribution in [3.8, 4) is 17.2 Å². The predicted molar refractivity (Wildman–Crippen MR) is 92.2 cm³/mol. The zero-order chi connectivity index (χ0) is 17.2. The quantitative estimate of drug-likeness (QED) is 0.772. The number of aromatic nitrogens is 2. The highest BCUT2D eigenvalue weighted by Gasteiger charge is 2.45. The number of amides is 1. The van der Waals surface area contributed by atoms with Gasteiger partial charge < -0.3 is 14.5 Å². The molecule has 25 heavy (non-hydrogen) atoms. The molecule has 1 N–H and O–H groups in total. The van der Waals surface area contributed by atoms with E-state index in [0.717, 1.165) is 29.0 Å². The van der Waals surface area contributed by atoms with Crippen molar-refractivity contribution in [2.24, 2.45) is 5.92 Å². The van der Waals surface area contributed by atoms with Crippen LogP contribution < -0.4 is 10.1 Å². The summed E-state index contributed by atoms with van der Waals surface area (Å²) >= 11 is 0. The zero-order valence-electron chi connectivity index (χ0n) is 13.7. The Labute approximate surface area is 144 Å². The van der Waals surface area contributed by atoms with Crippen LogP contribution in [0.4, 0.5) is 5.69 Å². The summed E-state index contributed by atoms with van der Waals surface area (Å²) in [5.41, 5.74) is 2.66. The highest BCUT2D eigenvalue weighted by atomic mass is 16.5. The van der Waals surface area contributed by atoms with Crippen LogP contribution in [0.1, 0.15) is 17.9 Å². The van der Waals surface area contributed by atoms with Crippen LogP contribution >= 0.6 is 0 Å². The Morgan fingerprint density at radius 1 is 1.20 bits per heavy atom. The standard InChI is InChI=1S/C19H17N3O3/c1-24-17-5-3-2-4-14(17)15-10-16(15)18(23)21-13-8-6-12(7-9-13)19-22-20-11-25-19/h2-9,11,15-16H,10H2,1H3,(H,21,23)/t15-,16-/m0/s1. The van der Waals surface area contributed by atoms with E-state index in [4.69, 9.17) is 9.15 Å². The van der Waals surface area contributed by atoms with Gasteiger partial charge in [-0.15, -0.1) is 10.2 Å². The van der Waals surface area contributed by atoms with E-state index in [-0.39, 0.29) is 17.7 Å². The van der Waals surface area contributed by atoms with Gasteiger partial charge in [-0.25, -0.2) is 0 Å². The second-order valence-corrected chi connectivity index (χ2v) is 6.00. The number of para-hydroxylation sites is 1. The van der Waals surface area contributed by atoms with E-state index >= 15 is 0 Å². The van der Waals surface area contributed by atoms with Crippen molar-refractivity contribution in [3.63, 3.8) is 0 Å². The molecule has 1 fully saturated rings. The smallest absolute Gasteiger partial charge is 0.247 e. The first kappa shape index (κ1) is 15.4. The Morgan fingerprint density at radius 3 is 2.72 bits per heavy atom. The van der Waals surface area contributed by atoms with Gasteiger partial charge in [0, 0.05) is 17.2 Å². The van der Waals surface area contributed by atoms with E-state index in [1.807, 2.05) is 48.5 Å². The third-order valence-corrected chi connectivity index (χ3v) is 4.43. The minimum atomic E-state index is -0.0214. The van der Waals surface area contributed by atoms with Gasteiger partial charge in [0.1, 0.15) is 5.75 Å². The Morgan fingerprint density at radius 2 is 2.00 bits per heavy atom. The molecule has 0 aliphatic heterocycles. The van der Waals surface area contributed by atoms with Crippen molar-refractivity contribution in [2.75, 3.05) is 12.4 Å². The minimum absolute atomic E-state index is 0.0214. The van der Waals surface area contributed by atoms with E-state index in [9.17, 15) is 4.79 Å². The second kappa shape index (κ2) is 6.39. The fourth-order valence-corrected chi connectivity index (χ4v) is 3.03. The maximum Gasteiger partial charge on any atom is 0.247 e. The molecule has 1 aromatic heterocycles. The fourth-order valence-electron chi connectivity index (χ4n) is 3.03. The summed E-state index contributed by atoms with van der Waals surface area (Å²) in [5.74, 6) is 1.52. The van der Waals surface area contributed by atoms with Gasteiger partial charge in [0.25, 0.3) is 0 Å². The Balaban J connectivity index is 1.41. The summed E-state index contributed by atoms with van der Waals surface area (Å²) in [7, 11) is 1.65. The van der Waals surface area contributed by atoms with Crippen LogP contribution in [0.5, 0.6) is 5.75 Å². The molecule has 0 saturated heterocycles. The van der Waals surface area contributed by atoms with E-state index < -0.39 is 0 Å². The van der Waals surface area contributed by atoms with E-state index in [1.165, 1.54) is 6.39 Å². The molecule has 3 aromatic rings. The van der Waals surface area contributed by atoms with Crippen LogP contribution in [0.3, 0.4) is 0 Å². The van der Waals surface area contributed by atoms with Crippen molar-refractivity contribution >= 4 is 11.6 Å². The van der Waals surface area contributed by atoms with Gasteiger partial charge in [-0.3, -0.25) is 4.79 Å². The minimum Gasteiger partial charge on any atom is -0.496 e. The van der Waals surface area contributed by atoms with Crippen molar-refractivity contribution in [2.45, 2.75) is 12.3 Å². The monoisotopic (exact) mass is 335 g/mol. The Hall–Kier alpha value is -3.15. The molecule has 0 radical (unpaired) electrons. The molecule has 6 heteroatoms. The number of ether oxygens (including phenoxy) is 1. The molecular weight excluding hydrogens is 318 g/mol. The number of rotatable bonds is 5. The molecule has 1 amide bonds. The van der Waals surface area contributed by atoms with Gasteiger partial charge >= 0.3 is 0 Å². The first-order valence-corrected chi connectivity index (χ1v) is 8.06. The van der Waals surface area contributed by atoms with E-state index in [2.05, 4.69) is 15.5 Å². The van der Waals surface area contributed by atoms with Gasteiger partial charge in [-0.05, 0) is 48.2 Å². The first-order valence-electron chi connectivity index (χ1n) is 8.06. The van der Waals surface area contributed by atoms with Crippen LogP contribution in [0.15, 0.2) is 59.3 Å². The molecular formula is C19H17N3O3. The molecule has 1 heterocycles. The van der Waals surface area contributed by atoms with Crippen LogP contribution in [-0.2, 0) is 4.79 Å². The lowest BCUT2D eigenvalue weighted by atomic mass is 10.1. The molecule has 6 nitrogen and oxygen atoms in total. The molecule has 2 atom stereocenters. The van der Waals surface area contributed by atoms with Crippen LogP contribution in [-0.4, -0.2) is 23.2 Å². The average Bonchev–Trinajstić information content (AvgIpc) is 3.27. The van der Waals surface area contributed by atoms with Gasteiger partial charge in [0.15, 0.2) is 0 Å². The Bertz CT molecular complexity index is 875. The highest BCUT2D eigenvalue weighted by molar-refractivity contribution is 5.95. The summed E-state index contributed by atoms with van der Waals surface area (Å²) in [4.78, 5) is 12.5. The van der Waals surface area contributed by atoms with Crippen molar-refractivity contribution < 1.29 is 13.9 Å². The summed E-state index contributed by atoms with van der Waals surface area (Å²) < 4.78 is 10.5. The number of carbonyl (C=O) groups is 1. The lowest BCUT2D eigenvalue weighted by Crippen LogP contribution is -2.14. The molecule has 0 bridgehead atoms. The second-order valence-electron chi connectivity index (χ2n) is 6.00. The van der Waals surface area contributed by atoms with E-state index in [1.54, 1.807) is 7.11 Å². The van der Waals surface area contributed by atoms with Crippen molar-refractivity contribution in [1.82, 2.24) is 10.2 Å². The number of hydrogen-bond donors (Lipinski definition) is 1. The maximum atomic E-state index is 12.5. The number of anilines is 1. The molecule has 2 aromatic carbocycles. The Kier molecular flexibility index (Phi) is 3.93. The molecule has 1 aliphatic carbocycles. The summed E-state index contributed by atoms with van der Waals surface area (Å²) in [6.45, 7) is 0. The van der Waals surface area contributed by atoms with Crippen LogP contribution in [0.2, 0.25) is 0 Å². The molecule has 4 rings (SSSR count). The van der Waals surface area contributed by atoms with Gasteiger partial charge in [0.2, 0.25) is 18.2 Å². The number of carbonyl (C=O) groups excluding carboxylic acids is 1. The third kappa shape index (κ3) is 3.10. The number of benzene rings is 2. The third-order valence-electron chi connectivity index (χ3n) is 4.43. The van der Waals surface area contributed by atoms with Gasteiger partial charge in [0.05, 0.1) is 7.11 Å². The zero-order valence-corrected chi connectivity index (χ0v) is 13.7. The molecule has 126 valence electrons. The first-order chi connectivity index (χ1) is 12.3. The lowest BCUT2D eigenvalue weighted by molar-refractivity contribution is -0.117. The largest absolute Gasteiger partial charge is 0.496 e. The van der Waals surface area contributed by atoms with Crippen LogP contribution in [0.25, 0.3) is 11.5 Å². The fraction of sp³-hybridized carbons (Fsp3) is 0.211. The highest BCUT2D eigenvalue weighted by Crippen LogP contribution is 2.50. The van der Waals surface area contributed by atoms with Gasteiger partial charge in [-0.2, -0.15) is 0 Å². The molecule has 0 unspecified atom stereocenters. The maximum absolute atomic E-state index is 12.5. The SMILES string of the molecule is COc1ccccc1[C@@H]1C[C@@H]1C(=O)Nc1ccc(-c2nnco2)cc1. The number of hydrogen-bond acceptors (Lipinski definition) is 5. The summed E-state index contributed by atoms with van der Waals surface area (Å²) in [6.07, 6.45) is 2.13. The molecule has 1 saturated carbocycles. The summed E-state index contributed by atoms with van der Waals surface area (Å²) in [5, 5.41) is 10.5. The lowest BCUT2D eigenvalue weighted by Gasteiger charge is -2.08.